The van der Waals surface area contributed by atoms with Crippen molar-refractivity contribution in [3.8, 4) is 0 Å². The lowest BCUT2D eigenvalue weighted by molar-refractivity contribution is -0.127. The summed E-state index contributed by atoms with van der Waals surface area (Å²) in [6, 6.07) is 16.4. The van der Waals surface area contributed by atoms with Crippen LogP contribution >= 0.6 is 11.3 Å². The number of carbonyl (C=O) groups excluding carboxylic acids is 2. The molecule has 1 atom stereocenters. The first kappa shape index (κ1) is 18.1. The molecule has 5 heteroatoms. The van der Waals surface area contributed by atoms with Gasteiger partial charge in [0.25, 0.3) is 5.91 Å². The maximum Gasteiger partial charge on any atom is 0.251 e. The smallest absolute Gasteiger partial charge is 0.251 e. The van der Waals surface area contributed by atoms with E-state index in [1.807, 2.05) is 73.8 Å². The zero-order chi connectivity index (χ0) is 18.5. The van der Waals surface area contributed by atoms with Crippen LogP contribution in [0.15, 0.2) is 60.0 Å². The molecule has 0 fully saturated rings. The lowest BCUT2D eigenvalue weighted by Gasteiger charge is -2.19. The molecule has 0 spiro atoms. The Labute approximate surface area is 157 Å². The molecule has 0 saturated heterocycles. The third-order valence-corrected chi connectivity index (χ3v) is 4.91. The van der Waals surface area contributed by atoms with Crippen molar-refractivity contribution in [2.75, 3.05) is 5.32 Å². The van der Waals surface area contributed by atoms with Crippen LogP contribution in [-0.2, 0) is 9.59 Å². The highest BCUT2D eigenvalue weighted by atomic mass is 32.1. The average Bonchev–Trinajstić information content (AvgIpc) is 3.07. The lowest BCUT2D eigenvalue weighted by Crippen LogP contribution is -2.37. The van der Waals surface area contributed by atoms with Crippen LogP contribution in [0.5, 0.6) is 0 Å². The van der Waals surface area contributed by atoms with E-state index >= 15 is 0 Å². The third-order valence-electron chi connectivity index (χ3n) is 4.01. The van der Waals surface area contributed by atoms with Gasteiger partial charge in [-0.15, -0.1) is 11.3 Å². The Bertz CT molecular complexity index is 903. The fourth-order valence-electron chi connectivity index (χ4n) is 2.80. The molecule has 0 radical (unpaired) electrons. The van der Waals surface area contributed by atoms with Gasteiger partial charge in [0, 0.05) is 16.8 Å². The number of hydrogen-bond donors (Lipinski definition) is 2. The highest BCUT2D eigenvalue weighted by Crippen LogP contribution is 2.25. The van der Waals surface area contributed by atoms with Crippen LogP contribution in [0.4, 0.5) is 5.69 Å². The monoisotopic (exact) mass is 366 g/mol. The quantitative estimate of drug-likeness (QED) is 0.662. The van der Waals surface area contributed by atoms with Gasteiger partial charge in [-0.25, -0.2) is 0 Å². The van der Waals surface area contributed by atoms with Crippen LogP contribution in [0.3, 0.4) is 0 Å². The minimum atomic E-state index is -0.722. The van der Waals surface area contributed by atoms with E-state index in [0.717, 1.165) is 16.6 Å². The minimum Gasteiger partial charge on any atom is -0.341 e. The molecule has 2 N–H and O–H groups in total. The van der Waals surface area contributed by atoms with Crippen molar-refractivity contribution >= 4 is 38.9 Å². The number of amides is 2. The second-order valence-electron chi connectivity index (χ2n) is 6.67. The predicted molar refractivity (Wildman–Crippen MR) is 107 cm³/mol. The van der Waals surface area contributed by atoms with Gasteiger partial charge in [-0.05, 0) is 46.5 Å². The van der Waals surface area contributed by atoms with E-state index in [4.69, 9.17) is 0 Å². The molecule has 2 amide bonds. The van der Waals surface area contributed by atoms with Crippen molar-refractivity contribution in [3.63, 3.8) is 0 Å². The minimum absolute atomic E-state index is 0.128. The van der Waals surface area contributed by atoms with E-state index in [-0.39, 0.29) is 17.7 Å². The molecule has 2 aromatic carbocycles. The Hall–Kier alpha value is -2.66. The normalized spacial score (nSPS) is 12.1. The number of fused-ring (bicyclic) bond motifs is 1. The summed E-state index contributed by atoms with van der Waals surface area (Å²) < 4.78 is 1.17. The molecule has 1 heterocycles. The van der Waals surface area contributed by atoms with Gasteiger partial charge in [0.15, 0.2) is 0 Å². The Morgan fingerprint density at radius 1 is 1.04 bits per heavy atom. The van der Waals surface area contributed by atoms with E-state index in [1.54, 1.807) is 11.3 Å². The Balaban J connectivity index is 1.80. The summed E-state index contributed by atoms with van der Waals surface area (Å²) in [6.45, 7) is 3.96. The molecule has 3 aromatic rings. The van der Waals surface area contributed by atoms with Gasteiger partial charge in [0.05, 0.1) is 0 Å². The molecule has 0 aliphatic heterocycles. The third kappa shape index (κ3) is 4.49. The summed E-state index contributed by atoms with van der Waals surface area (Å²) in [7, 11) is 0. The number of anilines is 1. The summed E-state index contributed by atoms with van der Waals surface area (Å²) >= 11 is 1.66. The molecule has 0 saturated carbocycles. The van der Waals surface area contributed by atoms with Gasteiger partial charge < -0.3 is 10.6 Å². The summed E-state index contributed by atoms with van der Waals surface area (Å²) in [4.78, 5) is 25.1. The summed E-state index contributed by atoms with van der Waals surface area (Å²) in [5, 5.41) is 8.91. The molecule has 0 bridgehead atoms. The second-order valence-corrected chi connectivity index (χ2v) is 7.62. The molecular weight excluding hydrogens is 344 g/mol. The summed E-state index contributed by atoms with van der Waals surface area (Å²) in [6.07, 6.45) is 0.386. The zero-order valence-electron chi connectivity index (χ0n) is 14.9. The van der Waals surface area contributed by atoms with Crippen molar-refractivity contribution in [2.24, 2.45) is 5.92 Å². The zero-order valence-corrected chi connectivity index (χ0v) is 15.7. The average molecular weight is 366 g/mol. The van der Waals surface area contributed by atoms with Crippen LogP contribution in [0.2, 0.25) is 0 Å². The highest BCUT2D eigenvalue weighted by molar-refractivity contribution is 7.17. The van der Waals surface area contributed by atoms with Gasteiger partial charge in [-0.3, -0.25) is 9.59 Å². The number of hydrogen-bond acceptors (Lipinski definition) is 3. The standard InChI is InChI=1S/C21H22N2O2S/c1-14(2)12-19(24)23-20(15-6-4-3-5-7-15)21(25)22-17-8-9-18-16(13-17)10-11-26-18/h3-11,13-14,20H,12H2,1-2H3,(H,22,25)(H,23,24). The van der Waals surface area contributed by atoms with Crippen LogP contribution in [-0.4, -0.2) is 11.8 Å². The number of carbonyl (C=O) groups is 2. The molecule has 4 nitrogen and oxygen atoms in total. The van der Waals surface area contributed by atoms with Gasteiger partial charge in [0.1, 0.15) is 6.04 Å². The van der Waals surface area contributed by atoms with E-state index < -0.39 is 6.04 Å². The molecule has 3 rings (SSSR count). The highest BCUT2D eigenvalue weighted by Gasteiger charge is 2.23. The topological polar surface area (TPSA) is 58.2 Å². The van der Waals surface area contributed by atoms with Gasteiger partial charge >= 0.3 is 0 Å². The summed E-state index contributed by atoms with van der Waals surface area (Å²) in [5.74, 6) is -0.143. The van der Waals surface area contributed by atoms with E-state index in [0.29, 0.717) is 6.42 Å². The van der Waals surface area contributed by atoms with Crippen molar-refractivity contribution in [2.45, 2.75) is 26.3 Å². The molecule has 134 valence electrons. The van der Waals surface area contributed by atoms with E-state index in [1.165, 1.54) is 4.70 Å². The maximum atomic E-state index is 12.9. The maximum absolute atomic E-state index is 12.9. The molecular formula is C21H22N2O2S. The molecule has 1 unspecified atom stereocenters. The fourth-order valence-corrected chi connectivity index (χ4v) is 3.57. The van der Waals surface area contributed by atoms with Crippen LogP contribution in [0, 0.1) is 5.92 Å². The Morgan fingerprint density at radius 3 is 2.54 bits per heavy atom. The molecule has 0 aliphatic carbocycles. The number of thiophene rings is 1. The van der Waals surface area contributed by atoms with Crippen LogP contribution < -0.4 is 10.6 Å². The first-order chi connectivity index (χ1) is 12.5. The largest absolute Gasteiger partial charge is 0.341 e. The van der Waals surface area contributed by atoms with E-state index in [2.05, 4.69) is 10.6 Å². The van der Waals surface area contributed by atoms with Crippen molar-refractivity contribution in [3.05, 3.63) is 65.5 Å². The predicted octanol–water partition coefficient (Wildman–Crippen LogP) is 4.74. The molecule has 26 heavy (non-hydrogen) atoms. The van der Waals surface area contributed by atoms with Gasteiger partial charge in [-0.2, -0.15) is 0 Å². The number of benzene rings is 2. The lowest BCUT2D eigenvalue weighted by atomic mass is 10.0. The van der Waals surface area contributed by atoms with Crippen LogP contribution in [0.1, 0.15) is 31.9 Å². The fraction of sp³-hybridized carbons (Fsp3) is 0.238. The van der Waals surface area contributed by atoms with Crippen molar-refractivity contribution in [1.82, 2.24) is 5.32 Å². The SMILES string of the molecule is CC(C)CC(=O)NC(C(=O)Nc1ccc2sccc2c1)c1ccccc1. The Kier molecular flexibility index (Phi) is 5.68. The molecule has 1 aromatic heterocycles. The second kappa shape index (κ2) is 8.15. The summed E-state index contributed by atoms with van der Waals surface area (Å²) in [5.41, 5.74) is 1.48. The first-order valence-corrected chi connectivity index (χ1v) is 9.53. The molecule has 0 aliphatic rings. The first-order valence-electron chi connectivity index (χ1n) is 8.65. The van der Waals surface area contributed by atoms with Crippen molar-refractivity contribution < 1.29 is 9.59 Å². The number of nitrogens with one attached hydrogen (secondary N) is 2. The number of rotatable bonds is 6. The van der Waals surface area contributed by atoms with Gasteiger partial charge in [-0.1, -0.05) is 44.2 Å². The van der Waals surface area contributed by atoms with Gasteiger partial charge in [0.2, 0.25) is 5.91 Å². The van der Waals surface area contributed by atoms with E-state index in [9.17, 15) is 9.59 Å². The Morgan fingerprint density at radius 2 is 1.81 bits per heavy atom. The van der Waals surface area contributed by atoms with Crippen LogP contribution in [0.25, 0.3) is 10.1 Å². The van der Waals surface area contributed by atoms with Crippen molar-refractivity contribution in [1.29, 1.82) is 0 Å².